The Morgan fingerprint density at radius 1 is 0.475 bits per heavy atom. The molecule has 8 rings (SSSR count). The predicted octanol–water partition coefficient (Wildman–Crippen LogP) is 10.8. The summed E-state index contributed by atoms with van der Waals surface area (Å²) in [6.45, 7) is 0. The summed E-state index contributed by atoms with van der Waals surface area (Å²) in [4.78, 5) is 2.30. The fourth-order valence-electron chi connectivity index (χ4n) is 5.97. The van der Waals surface area contributed by atoms with Gasteiger partial charge in [-0.2, -0.15) is 0 Å². The van der Waals surface area contributed by atoms with E-state index in [2.05, 4.69) is 121 Å². The quantitative estimate of drug-likeness (QED) is 0.229. The topological polar surface area (TPSA) is 21.3 Å². The van der Waals surface area contributed by atoms with Gasteiger partial charge in [-0.25, -0.2) is 0 Å². The number of fused-ring (bicyclic) bond motifs is 8. The van der Waals surface area contributed by atoms with E-state index in [0.29, 0.717) is 0 Å². The molecule has 0 unspecified atom stereocenters. The van der Waals surface area contributed by atoms with E-state index in [1.807, 2.05) is 19.2 Å². The lowest BCUT2D eigenvalue weighted by atomic mass is 9.91. The van der Waals surface area contributed by atoms with Gasteiger partial charge in [0.2, 0.25) is 0 Å². The summed E-state index contributed by atoms with van der Waals surface area (Å²) in [6, 6.07) is 45.7. The Balaban J connectivity index is 1.23. The van der Waals surface area contributed by atoms with Crippen molar-refractivity contribution < 1.29 is 4.74 Å². The maximum Gasteiger partial charge on any atom is 0.142 e. The van der Waals surface area contributed by atoms with Crippen molar-refractivity contribution in [2.75, 3.05) is 12.4 Å². The molecule has 190 valence electrons. The number of ether oxygens (including phenoxy) is 1. The van der Waals surface area contributed by atoms with Gasteiger partial charge in [0, 0.05) is 18.3 Å². The molecule has 1 aliphatic rings. The van der Waals surface area contributed by atoms with Gasteiger partial charge in [0.05, 0.1) is 9.79 Å². The van der Waals surface area contributed by atoms with Crippen LogP contribution in [0.4, 0.5) is 5.69 Å². The molecule has 1 aliphatic heterocycles. The van der Waals surface area contributed by atoms with E-state index < -0.39 is 0 Å². The van der Waals surface area contributed by atoms with Crippen LogP contribution in [0.3, 0.4) is 0 Å². The molecule has 3 heteroatoms. The van der Waals surface area contributed by atoms with E-state index in [0.717, 1.165) is 38.1 Å². The van der Waals surface area contributed by atoms with Gasteiger partial charge in [-0.3, -0.25) is 0 Å². The average molecular weight is 532 g/mol. The van der Waals surface area contributed by atoms with E-state index in [9.17, 15) is 0 Å². The van der Waals surface area contributed by atoms with Gasteiger partial charge in [-0.1, -0.05) is 103 Å². The zero-order chi connectivity index (χ0) is 26.6. The smallest absolute Gasteiger partial charge is 0.142 e. The lowest BCUT2D eigenvalue weighted by Gasteiger charge is -2.20. The normalized spacial score (nSPS) is 12.2. The first-order valence-electron chi connectivity index (χ1n) is 13.5. The minimum atomic E-state index is 0.907. The highest BCUT2D eigenvalue weighted by Gasteiger charge is 2.18. The second kappa shape index (κ2) is 9.18. The molecule has 0 bridgehead atoms. The predicted molar refractivity (Wildman–Crippen MR) is 170 cm³/mol. The first-order valence-corrected chi connectivity index (χ1v) is 14.3. The second-order valence-electron chi connectivity index (χ2n) is 10.2. The second-order valence-corrected chi connectivity index (χ2v) is 11.3. The van der Waals surface area contributed by atoms with Gasteiger partial charge in [-0.15, -0.1) is 0 Å². The third-order valence-corrected chi connectivity index (χ3v) is 9.02. The molecule has 0 saturated carbocycles. The van der Waals surface area contributed by atoms with E-state index in [4.69, 9.17) is 4.74 Å². The van der Waals surface area contributed by atoms with Gasteiger partial charge in [0.25, 0.3) is 0 Å². The molecule has 0 atom stereocenters. The minimum Gasteiger partial charge on any atom is -0.455 e. The first kappa shape index (κ1) is 23.2. The highest BCUT2D eigenvalue weighted by atomic mass is 32.2. The third kappa shape index (κ3) is 3.66. The van der Waals surface area contributed by atoms with Gasteiger partial charge < -0.3 is 10.1 Å². The van der Waals surface area contributed by atoms with Crippen LogP contribution in [-0.2, 0) is 0 Å². The van der Waals surface area contributed by atoms with Gasteiger partial charge >= 0.3 is 0 Å². The van der Waals surface area contributed by atoms with Crippen LogP contribution < -0.4 is 10.1 Å². The summed E-state index contributed by atoms with van der Waals surface area (Å²) < 4.78 is 6.26. The highest BCUT2D eigenvalue weighted by molar-refractivity contribution is 7.99. The van der Waals surface area contributed by atoms with Crippen LogP contribution >= 0.6 is 11.8 Å². The number of hydrogen-bond donors (Lipinski definition) is 1. The molecule has 7 aromatic carbocycles. The molecule has 0 fully saturated rings. The molecule has 1 heterocycles. The first-order chi connectivity index (χ1) is 19.8. The highest BCUT2D eigenvalue weighted by Crippen LogP contribution is 2.48. The molecule has 0 spiro atoms. The van der Waals surface area contributed by atoms with E-state index in [1.54, 1.807) is 11.8 Å². The molecule has 0 aliphatic carbocycles. The number of benzene rings is 7. The Bertz CT molecular complexity index is 2080. The molecule has 1 N–H and O–H groups in total. The Hall–Kier alpha value is -4.73. The van der Waals surface area contributed by atoms with Crippen LogP contribution in [0.25, 0.3) is 54.6 Å². The van der Waals surface area contributed by atoms with Crippen LogP contribution in [0.5, 0.6) is 11.5 Å². The number of anilines is 1. The Kier molecular flexibility index (Phi) is 5.32. The summed E-state index contributed by atoms with van der Waals surface area (Å²) in [5, 5.41) is 11.2. The Labute approximate surface area is 237 Å². The fraction of sp³-hybridized carbons (Fsp3) is 0.0270. The van der Waals surface area contributed by atoms with Crippen molar-refractivity contribution in [3.63, 3.8) is 0 Å². The lowest BCUT2D eigenvalue weighted by Crippen LogP contribution is -1.96. The Morgan fingerprint density at radius 2 is 1.05 bits per heavy atom. The molecule has 40 heavy (non-hydrogen) atoms. The van der Waals surface area contributed by atoms with Crippen molar-refractivity contribution in [3.8, 4) is 33.8 Å². The Morgan fingerprint density at radius 3 is 1.80 bits per heavy atom. The van der Waals surface area contributed by atoms with Gasteiger partial charge in [0.1, 0.15) is 11.5 Å². The van der Waals surface area contributed by atoms with Crippen molar-refractivity contribution in [1.82, 2.24) is 0 Å². The number of rotatable bonds is 3. The SMILES string of the molecule is CNc1cc(-c2ccc3c(c2)Oc2ccccc2S3)ccc1-c1ccc2c3ccccc3c3ccccc3c2c1. The maximum absolute atomic E-state index is 6.26. The fourth-order valence-corrected chi connectivity index (χ4v) is 6.90. The molecular weight excluding hydrogens is 506 g/mol. The van der Waals surface area contributed by atoms with Crippen LogP contribution in [0, 0.1) is 0 Å². The van der Waals surface area contributed by atoms with Crippen LogP contribution in [0.1, 0.15) is 0 Å². The average Bonchev–Trinajstić information content (AvgIpc) is 3.03. The van der Waals surface area contributed by atoms with Crippen molar-refractivity contribution >= 4 is 49.8 Å². The van der Waals surface area contributed by atoms with Crippen molar-refractivity contribution in [2.45, 2.75) is 9.79 Å². The molecule has 0 radical (unpaired) electrons. The van der Waals surface area contributed by atoms with Gasteiger partial charge in [0.15, 0.2) is 0 Å². The molecule has 2 nitrogen and oxygen atoms in total. The van der Waals surface area contributed by atoms with Crippen LogP contribution in [0.2, 0.25) is 0 Å². The molecule has 7 aromatic rings. The monoisotopic (exact) mass is 531 g/mol. The maximum atomic E-state index is 6.26. The summed E-state index contributed by atoms with van der Waals surface area (Å²) >= 11 is 1.76. The number of nitrogens with one attached hydrogen (secondary N) is 1. The van der Waals surface area contributed by atoms with Crippen molar-refractivity contribution in [3.05, 3.63) is 127 Å². The zero-order valence-electron chi connectivity index (χ0n) is 21.9. The van der Waals surface area contributed by atoms with Crippen molar-refractivity contribution in [1.29, 1.82) is 0 Å². The van der Waals surface area contributed by atoms with Crippen molar-refractivity contribution in [2.24, 2.45) is 0 Å². The molecular formula is C37H25NOS. The summed E-state index contributed by atoms with van der Waals surface area (Å²) in [5.74, 6) is 1.82. The van der Waals surface area contributed by atoms with Crippen LogP contribution in [0.15, 0.2) is 137 Å². The number of para-hydroxylation sites is 1. The van der Waals surface area contributed by atoms with E-state index in [-0.39, 0.29) is 0 Å². The molecule has 0 amide bonds. The summed E-state index contributed by atoms with van der Waals surface area (Å²) in [5.41, 5.74) is 5.77. The molecule has 0 aromatic heterocycles. The van der Waals surface area contributed by atoms with Gasteiger partial charge in [-0.05, 0) is 85.4 Å². The summed E-state index contributed by atoms with van der Waals surface area (Å²) in [6.07, 6.45) is 0. The number of hydrogen-bond acceptors (Lipinski definition) is 3. The minimum absolute atomic E-state index is 0.907. The van der Waals surface area contributed by atoms with E-state index >= 15 is 0 Å². The van der Waals surface area contributed by atoms with Crippen LogP contribution in [-0.4, -0.2) is 7.05 Å². The summed E-state index contributed by atoms with van der Waals surface area (Å²) in [7, 11) is 2.00. The zero-order valence-corrected chi connectivity index (χ0v) is 22.8. The van der Waals surface area contributed by atoms with E-state index in [1.165, 1.54) is 43.4 Å². The third-order valence-electron chi connectivity index (χ3n) is 7.91. The largest absolute Gasteiger partial charge is 0.455 e. The standard InChI is InChI=1S/C37H25NOS/c1-38-33-21-23(24-16-19-37-35(22-24)39-34-12-6-7-13-36(34)40-37)14-17-26(33)25-15-18-31-29-10-3-2-8-27(29)28-9-4-5-11-30(28)32(31)20-25/h2-22,38H,1H3. The lowest BCUT2D eigenvalue weighted by molar-refractivity contribution is 0.455. The molecule has 0 saturated heterocycles.